The lowest BCUT2D eigenvalue weighted by molar-refractivity contribution is 0.189. The van der Waals surface area contributed by atoms with Gasteiger partial charge in [0.25, 0.3) is 0 Å². The summed E-state index contributed by atoms with van der Waals surface area (Å²) in [6.07, 6.45) is 1.00. The van der Waals surface area contributed by atoms with E-state index < -0.39 is 0 Å². The molecule has 0 amide bonds. The zero-order valence-corrected chi connectivity index (χ0v) is 9.23. The molecule has 0 radical (unpaired) electrons. The number of nitrogens with zero attached hydrogens (tertiary/aromatic N) is 2. The number of para-hydroxylation sites is 1. The number of aromatic nitrogens is 2. The number of rotatable bonds is 4. The van der Waals surface area contributed by atoms with E-state index in [4.69, 9.17) is 4.74 Å². The minimum Gasteiger partial charge on any atom is -0.385 e. The first-order valence-corrected chi connectivity index (χ1v) is 5.24. The third kappa shape index (κ3) is 2.02. The van der Waals surface area contributed by atoms with Crippen LogP contribution < -0.4 is 0 Å². The molecule has 3 nitrogen and oxygen atoms in total. The minimum atomic E-state index is 0.785. The van der Waals surface area contributed by atoms with Crippen molar-refractivity contribution in [1.82, 2.24) is 9.78 Å². The molecule has 1 heterocycles. The highest BCUT2D eigenvalue weighted by Crippen LogP contribution is 2.17. The monoisotopic (exact) mass is 204 g/mol. The fraction of sp³-hybridized carbons (Fsp3) is 0.417. The first kappa shape index (κ1) is 10.2. The van der Waals surface area contributed by atoms with Crippen molar-refractivity contribution >= 4 is 10.9 Å². The van der Waals surface area contributed by atoms with Gasteiger partial charge >= 0.3 is 0 Å². The Balaban J connectivity index is 2.27. The first-order valence-electron chi connectivity index (χ1n) is 5.24. The van der Waals surface area contributed by atoms with Gasteiger partial charge in [-0.1, -0.05) is 18.2 Å². The van der Waals surface area contributed by atoms with E-state index in [0.29, 0.717) is 0 Å². The Morgan fingerprint density at radius 2 is 2.13 bits per heavy atom. The predicted octanol–water partition coefficient (Wildman–Crippen LogP) is 2.38. The molecule has 15 heavy (non-hydrogen) atoms. The zero-order valence-electron chi connectivity index (χ0n) is 9.23. The summed E-state index contributed by atoms with van der Waals surface area (Å²) in [5.74, 6) is 0. The van der Waals surface area contributed by atoms with Crippen molar-refractivity contribution < 1.29 is 4.74 Å². The average Bonchev–Trinajstić information content (AvgIpc) is 2.58. The van der Waals surface area contributed by atoms with E-state index in [1.165, 1.54) is 10.9 Å². The van der Waals surface area contributed by atoms with Crippen molar-refractivity contribution in [2.75, 3.05) is 13.7 Å². The lowest BCUT2D eigenvalue weighted by atomic mass is 10.2. The first-order chi connectivity index (χ1) is 7.33. The minimum absolute atomic E-state index is 0.785. The molecule has 0 fully saturated rings. The highest BCUT2D eigenvalue weighted by molar-refractivity contribution is 5.81. The third-order valence-corrected chi connectivity index (χ3v) is 2.56. The average molecular weight is 204 g/mol. The summed E-state index contributed by atoms with van der Waals surface area (Å²) in [5.41, 5.74) is 2.31. The third-order valence-electron chi connectivity index (χ3n) is 2.56. The van der Waals surface area contributed by atoms with Crippen molar-refractivity contribution in [3.05, 3.63) is 30.0 Å². The number of methoxy groups -OCH3 is 1. The van der Waals surface area contributed by atoms with Crippen LogP contribution in [0.4, 0.5) is 0 Å². The molecular formula is C12H16N2O. The molecule has 1 aromatic heterocycles. The fourth-order valence-electron chi connectivity index (χ4n) is 1.82. The molecule has 2 aromatic rings. The van der Waals surface area contributed by atoms with Crippen molar-refractivity contribution in [2.24, 2.45) is 0 Å². The van der Waals surface area contributed by atoms with Crippen LogP contribution >= 0.6 is 0 Å². The highest BCUT2D eigenvalue weighted by Gasteiger charge is 2.05. The van der Waals surface area contributed by atoms with E-state index in [1.807, 2.05) is 0 Å². The summed E-state index contributed by atoms with van der Waals surface area (Å²) in [6, 6.07) is 8.33. The van der Waals surface area contributed by atoms with Gasteiger partial charge in [0.2, 0.25) is 0 Å². The van der Waals surface area contributed by atoms with E-state index in [9.17, 15) is 0 Å². The van der Waals surface area contributed by atoms with Gasteiger partial charge in [0.1, 0.15) is 0 Å². The summed E-state index contributed by atoms with van der Waals surface area (Å²) < 4.78 is 7.10. The quantitative estimate of drug-likeness (QED) is 0.715. The predicted molar refractivity (Wildman–Crippen MR) is 61.0 cm³/mol. The van der Waals surface area contributed by atoms with Gasteiger partial charge in [-0.25, -0.2) is 0 Å². The fourth-order valence-corrected chi connectivity index (χ4v) is 1.82. The van der Waals surface area contributed by atoms with Crippen LogP contribution in [-0.2, 0) is 11.3 Å². The Kier molecular flexibility index (Phi) is 3.02. The smallest absolute Gasteiger partial charge is 0.0685 e. The van der Waals surface area contributed by atoms with Gasteiger partial charge in [-0.3, -0.25) is 4.68 Å². The Morgan fingerprint density at radius 3 is 2.93 bits per heavy atom. The molecule has 0 aliphatic heterocycles. The van der Waals surface area contributed by atoms with E-state index in [1.54, 1.807) is 7.11 Å². The number of hydrogen-bond donors (Lipinski definition) is 0. The van der Waals surface area contributed by atoms with Crippen LogP contribution in [0.5, 0.6) is 0 Å². The van der Waals surface area contributed by atoms with Crippen LogP contribution in [0.25, 0.3) is 10.9 Å². The second-order valence-corrected chi connectivity index (χ2v) is 3.67. The molecule has 0 atom stereocenters. The number of fused-ring (bicyclic) bond motifs is 1. The van der Waals surface area contributed by atoms with Crippen LogP contribution in [0, 0.1) is 6.92 Å². The molecule has 0 saturated heterocycles. The van der Waals surface area contributed by atoms with Crippen LogP contribution in [0.3, 0.4) is 0 Å². The van der Waals surface area contributed by atoms with Gasteiger partial charge in [0.05, 0.1) is 11.2 Å². The van der Waals surface area contributed by atoms with Crippen molar-refractivity contribution in [2.45, 2.75) is 19.9 Å². The molecule has 0 unspecified atom stereocenters. The maximum atomic E-state index is 5.04. The van der Waals surface area contributed by atoms with Crippen molar-refractivity contribution in [3.63, 3.8) is 0 Å². The van der Waals surface area contributed by atoms with Gasteiger partial charge in [-0.05, 0) is 19.4 Å². The maximum Gasteiger partial charge on any atom is 0.0685 e. The SMILES string of the molecule is COCCCn1nc(C)c2ccccc21. The van der Waals surface area contributed by atoms with Gasteiger partial charge in [-0.2, -0.15) is 5.10 Å². The Labute approximate surface area is 89.7 Å². The Morgan fingerprint density at radius 1 is 1.33 bits per heavy atom. The maximum absolute atomic E-state index is 5.04. The number of hydrogen-bond acceptors (Lipinski definition) is 2. The van der Waals surface area contributed by atoms with E-state index in [2.05, 4.69) is 41.0 Å². The second-order valence-electron chi connectivity index (χ2n) is 3.67. The second kappa shape index (κ2) is 4.45. The number of ether oxygens (including phenoxy) is 1. The number of aryl methyl sites for hydroxylation is 2. The summed E-state index contributed by atoms with van der Waals surface area (Å²) in [4.78, 5) is 0. The van der Waals surface area contributed by atoms with Gasteiger partial charge in [-0.15, -0.1) is 0 Å². The Hall–Kier alpha value is -1.35. The highest BCUT2D eigenvalue weighted by atomic mass is 16.5. The molecule has 0 N–H and O–H groups in total. The largest absolute Gasteiger partial charge is 0.385 e. The summed E-state index contributed by atoms with van der Waals surface area (Å²) >= 11 is 0. The molecule has 2 rings (SSSR count). The molecule has 0 aliphatic carbocycles. The van der Waals surface area contributed by atoms with Gasteiger partial charge < -0.3 is 4.74 Å². The van der Waals surface area contributed by atoms with Crippen LogP contribution in [0.15, 0.2) is 24.3 Å². The Bertz CT molecular complexity index is 448. The van der Waals surface area contributed by atoms with E-state index in [-0.39, 0.29) is 0 Å². The topological polar surface area (TPSA) is 27.1 Å². The molecule has 80 valence electrons. The van der Waals surface area contributed by atoms with Crippen molar-refractivity contribution in [1.29, 1.82) is 0 Å². The zero-order chi connectivity index (χ0) is 10.7. The molecule has 0 bridgehead atoms. The molecule has 0 aliphatic rings. The van der Waals surface area contributed by atoms with Crippen LogP contribution in [0.2, 0.25) is 0 Å². The van der Waals surface area contributed by atoms with Crippen LogP contribution in [-0.4, -0.2) is 23.5 Å². The lowest BCUT2D eigenvalue weighted by Gasteiger charge is -2.02. The van der Waals surface area contributed by atoms with Gasteiger partial charge in [0.15, 0.2) is 0 Å². The number of benzene rings is 1. The summed E-state index contributed by atoms with van der Waals surface area (Å²) in [6.45, 7) is 3.75. The lowest BCUT2D eigenvalue weighted by Crippen LogP contribution is -2.03. The molecular weight excluding hydrogens is 188 g/mol. The molecule has 0 saturated carbocycles. The molecule has 3 heteroatoms. The standard InChI is InChI=1S/C12H16N2O/c1-10-11-6-3-4-7-12(11)14(13-10)8-5-9-15-2/h3-4,6-7H,5,8-9H2,1-2H3. The van der Waals surface area contributed by atoms with Gasteiger partial charge in [0, 0.05) is 25.6 Å². The normalized spacial score (nSPS) is 11.1. The molecule has 0 spiro atoms. The van der Waals surface area contributed by atoms with E-state index >= 15 is 0 Å². The van der Waals surface area contributed by atoms with Crippen molar-refractivity contribution in [3.8, 4) is 0 Å². The summed E-state index contributed by atoms with van der Waals surface area (Å²) in [7, 11) is 1.73. The van der Waals surface area contributed by atoms with E-state index in [0.717, 1.165) is 25.3 Å². The van der Waals surface area contributed by atoms with Crippen LogP contribution in [0.1, 0.15) is 12.1 Å². The molecule has 1 aromatic carbocycles. The summed E-state index contributed by atoms with van der Waals surface area (Å²) in [5, 5.41) is 5.77.